The van der Waals surface area contributed by atoms with Crippen molar-refractivity contribution < 1.29 is 4.79 Å². The summed E-state index contributed by atoms with van der Waals surface area (Å²) >= 11 is 1.58. The Bertz CT molecular complexity index is 602. The van der Waals surface area contributed by atoms with E-state index in [0.717, 1.165) is 43.2 Å². The quantitative estimate of drug-likeness (QED) is 0.475. The molecule has 0 saturated carbocycles. The Hall–Kier alpha value is -1.91. The number of likely N-dealkylation sites (N-methyl/N-ethyl adjacent to an activating group) is 1. The van der Waals surface area contributed by atoms with Crippen LogP contribution in [0.3, 0.4) is 0 Å². The Kier molecular flexibility index (Phi) is 5.92. The van der Waals surface area contributed by atoms with Crippen LogP contribution in [-0.4, -0.2) is 35.9 Å². The van der Waals surface area contributed by atoms with E-state index in [9.17, 15) is 4.79 Å². The second-order valence-electron chi connectivity index (χ2n) is 5.30. The molecule has 6 nitrogen and oxygen atoms in total. The van der Waals surface area contributed by atoms with Crippen molar-refractivity contribution in [2.24, 2.45) is 0 Å². The predicted molar refractivity (Wildman–Crippen MR) is 87.4 cm³/mol. The standard InChI is InChI=1S/C15H21N5OS/c1-3-4-6-17-14(21)11(8-16)9-18-15-19-12-5-7-20(2)10-13(12)22-15/h9H,3-7,10H2,1-2H3,(H,17,21)(H,18,19)/b11-9-. The zero-order valence-electron chi connectivity index (χ0n) is 13.0. The minimum absolute atomic E-state index is 0.0707. The molecule has 0 bridgehead atoms. The molecule has 0 atom stereocenters. The molecule has 0 unspecified atom stereocenters. The maximum absolute atomic E-state index is 11.8. The van der Waals surface area contributed by atoms with Crippen LogP contribution < -0.4 is 10.6 Å². The highest BCUT2D eigenvalue weighted by Gasteiger charge is 2.18. The average Bonchev–Trinajstić information content (AvgIpc) is 2.90. The van der Waals surface area contributed by atoms with Gasteiger partial charge in [-0.15, -0.1) is 11.3 Å². The number of rotatable bonds is 6. The molecule has 0 aliphatic carbocycles. The Morgan fingerprint density at radius 2 is 2.41 bits per heavy atom. The number of nitrogens with one attached hydrogen (secondary N) is 2. The van der Waals surface area contributed by atoms with Crippen molar-refractivity contribution in [3.63, 3.8) is 0 Å². The molecule has 2 N–H and O–H groups in total. The van der Waals surface area contributed by atoms with Crippen molar-refractivity contribution in [2.75, 3.05) is 25.5 Å². The van der Waals surface area contributed by atoms with E-state index in [1.54, 1.807) is 11.3 Å². The molecular weight excluding hydrogens is 298 g/mol. The highest BCUT2D eigenvalue weighted by atomic mass is 32.1. The highest BCUT2D eigenvalue weighted by molar-refractivity contribution is 7.15. The van der Waals surface area contributed by atoms with Crippen molar-refractivity contribution in [3.8, 4) is 6.07 Å². The second-order valence-corrected chi connectivity index (χ2v) is 6.38. The number of unbranched alkanes of at least 4 members (excludes halogenated alkanes) is 1. The number of nitriles is 1. The van der Waals surface area contributed by atoms with E-state index < -0.39 is 0 Å². The first-order valence-electron chi connectivity index (χ1n) is 7.46. The van der Waals surface area contributed by atoms with Crippen LogP contribution in [-0.2, 0) is 17.8 Å². The van der Waals surface area contributed by atoms with Crippen molar-refractivity contribution in [1.29, 1.82) is 5.26 Å². The third-order valence-corrected chi connectivity index (χ3v) is 4.46. The van der Waals surface area contributed by atoms with Crippen molar-refractivity contribution in [1.82, 2.24) is 15.2 Å². The van der Waals surface area contributed by atoms with E-state index in [-0.39, 0.29) is 11.5 Å². The molecule has 0 aromatic carbocycles. The lowest BCUT2D eigenvalue weighted by molar-refractivity contribution is -0.117. The molecule has 22 heavy (non-hydrogen) atoms. The molecule has 7 heteroatoms. The Morgan fingerprint density at radius 1 is 1.59 bits per heavy atom. The summed E-state index contributed by atoms with van der Waals surface area (Å²) in [6, 6.07) is 1.92. The van der Waals surface area contributed by atoms with E-state index >= 15 is 0 Å². The fourth-order valence-electron chi connectivity index (χ4n) is 2.14. The van der Waals surface area contributed by atoms with Crippen molar-refractivity contribution in [3.05, 3.63) is 22.3 Å². The lowest BCUT2D eigenvalue weighted by Gasteiger charge is -2.20. The number of amides is 1. The molecule has 0 saturated heterocycles. The van der Waals surface area contributed by atoms with Gasteiger partial charge >= 0.3 is 0 Å². The second kappa shape index (κ2) is 7.92. The lowest BCUT2D eigenvalue weighted by Crippen LogP contribution is -2.25. The first kappa shape index (κ1) is 16.5. The Morgan fingerprint density at radius 3 is 3.14 bits per heavy atom. The zero-order chi connectivity index (χ0) is 15.9. The average molecular weight is 319 g/mol. The summed E-state index contributed by atoms with van der Waals surface area (Å²) in [5, 5.41) is 15.5. The van der Waals surface area contributed by atoms with Gasteiger partial charge in [0.05, 0.1) is 5.69 Å². The van der Waals surface area contributed by atoms with Crippen molar-refractivity contribution >= 4 is 22.4 Å². The number of fused-ring (bicyclic) bond motifs is 1. The van der Waals surface area contributed by atoms with Crippen LogP contribution in [0.4, 0.5) is 5.13 Å². The molecular formula is C15H21N5OS. The van der Waals surface area contributed by atoms with Gasteiger partial charge in [-0.3, -0.25) is 4.79 Å². The van der Waals surface area contributed by atoms with Gasteiger partial charge in [0.2, 0.25) is 0 Å². The Balaban J connectivity index is 1.97. The molecule has 1 aromatic heterocycles. The molecule has 118 valence electrons. The van der Waals surface area contributed by atoms with E-state index in [2.05, 4.69) is 34.5 Å². The normalized spacial score (nSPS) is 15.0. The van der Waals surface area contributed by atoms with E-state index in [0.29, 0.717) is 6.54 Å². The van der Waals surface area contributed by atoms with Gasteiger partial charge in [-0.2, -0.15) is 5.26 Å². The highest BCUT2D eigenvalue weighted by Crippen LogP contribution is 2.27. The van der Waals surface area contributed by atoms with E-state index in [1.807, 2.05) is 6.07 Å². The third-order valence-electron chi connectivity index (χ3n) is 3.44. The summed E-state index contributed by atoms with van der Waals surface area (Å²) < 4.78 is 0. The summed E-state index contributed by atoms with van der Waals surface area (Å²) in [6.07, 6.45) is 4.29. The van der Waals surface area contributed by atoms with Gasteiger partial charge in [0.1, 0.15) is 11.6 Å². The number of aromatic nitrogens is 1. The molecule has 1 aliphatic rings. The van der Waals surface area contributed by atoms with Gasteiger partial charge in [0.15, 0.2) is 5.13 Å². The summed E-state index contributed by atoms with van der Waals surface area (Å²) in [5.41, 5.74) is 1.19. The number of hydrogen-bond acceptors (Lipinski definition) is 6. The van der Waals surface area contributed by atoms with Crippen LogP contribution in [0.1, 0.15) is 30.3 Å². The lowest BCUT2D eigenvalue weighted by atomic mass is 10.2. The summed E-state index contributed by atoms with van der Waals surface area (Å²) in [5.74, 6) is -0.343. The number of anilines is 1. The predicted octanol–water partition coefficient (Wildman–Crippen LogP) is 1.87. The van der Waals surface area contributed by atoms with Gasteiger partial charge in [-0.05, 0) is 13.5 Å². The number of thiazole rings is 1. The molecule has 2 heterocycles. The molecule has 0 fully saturated rings. The maximum Gasteiger partial charge on any atom is 0.263 e. The first-order chi connectivity index (χ1) is 10.6. The van der Waals surface area contributed by atoms with Crippen LogP contribution in [0.2, 0.25) is 0 Å². The first-order valence-corrected chi connectivity index (χ1v) is 8.27. The van der Waals surface area contributed by atoms with Gasteiger partial charge in [-0.25, -0.2) is 4.98 Å². The number of carbonyl (C=O) groups is 1. The van der Waals surface area contributed by atoms with Gasteiger partial charge in [0.25, 0.3) is 5.91 Å². The molecule has 0 radical (unpaired) electrons. The minimum Gasteiger partial charge on any atom is -0.351 e. The maximum atomic E-state index is 11.8. The van der Waals surface area contributed by atoms with E-state index in [4.69, 9.17) is 5.26 Å². The van der Waals surface area contributed by atoms with Crippen molar-refractivity contribution in [2.45, 2.75) is 32.7 Å². The van der Waals surface area contributed by atoms with Crippen LogP contribution >= 0.6 is 11.3 Å². The molecule has 1 aliphatic heterocycles. The van der Waals surface area contributed by atoms with Crippen LogP contribution in [0, 0.1) is 11.3 Å². The summed E-state index contributed by atoms with van der Waals surface area (Å²) in [7, 11) is 2.09. The Labute approximate surface area is 134 Å². The monoisotopic (exact) mass is 319 g/mol. The van der Waals surface area contributed by atoms with Gasteiger partial charge in [-0.1, -0.05) is 13.3 Å². The SMILES string of the molecule is CCCCNC(=O)/C(C#N)=C\Nc1nc2c(s1)CN(C)CC2. The zero-order valence-corrected chi connectivity index (χ0v) is 13.8. The number of hydrogen-bond donors (Lipinski definition) is 2. The fraction of sp³-hybridized carbons (Fsp3) is 0.533. The van der Waals surface area contributed by atoms with Crippen LogP contribution in [0.5, 0.6) is 0 Å². The third kappa shape index (κ3) is 4.29. The number of nitrogens with zero attached hydrogens (tertiary/aromatic N) is 3. The van der Waals surface area contributed by atoms with E-state index in [1.165, 1.54) is 11.1 Å². The molecule has 0 spiro atoms. The smallest absolute Gasteiger partial charge is 0.263 e. The minimum atomic E-state index is -0.343. The van der Waals surface area contributed by atoms with Crippen LogP contribution in [0.15, 0.2) is 11.8 Å². The largest absolute Gasteiger partial charge is 0.351 e. The summed E-state index contributed by atoms with van der Waals surface area (Å²) in [6.45, 7) is 4.55. The van der Waals surface area contributed by atoms with Gasteiger partial charge in [0, 0.05) is 37.1 Å². The van der Waals surface area contributed by atoms with Crippen LogP contribution in [0.25, 0.3) is 0 Å². The number of carbonyl (C=O) groups excluding carboxylic acids is 1. The summed E-state index contributed by atoms with van der Waals surface area (Å²) in [4.78, 5) is 19.9. The topological polar surface area (TPSA) is 81.0 Å². The molecule has 1 amide bonds. The molecule has 2 rings (SSSR count). The molecule has 1 aromatic rings. The van der Waals surface area contributed by atoms with Gasteiger partial charge < -0.3 is 15.5 Å². The fourth-order valence-corrected chi connectivity index (χ4v) is 3.20.